The van der Waals surface area contributed by atoms with Crippen molar-refractivity contribution in [3.63, 3.8) is 0 Å². The maximum atomic E-state index is 12.4. The van der Waals surface area contributed by atoms with Crippen LogP contribution in [0.5, 0.6) is 0 Å². The maximum Gasteiger partial charge on any atom is 0.272 e. The fourth-order valence-electron chi connectivity index (χ4n) is 1.94. The number of para-hydroxylation sites is 1. The Hall–Kier alpha value is -1.27. The number of rotatable bonds is 4. The number of nitrogens with zero attached hydrogens (tertiary/aromatic N) is 1. The van der Waals surface area contributed by atoms with Crippen LogP contribution in [0.1, 0.15) is 23.8 Å². The van der Waals surface area contributed by atoms with E-state index in [4.69, 9.17) is 5.73 Å². The molecule has 0 unspecified atom stereocenters. The zero-order valence-corrected chi connectivity index (χ0v) is 14.2. The lowest BCUT2D eigenvalue weighted by molar-refractivity contribution is 0.101. The van der Waals surface area contributed by atoms with E-state index in [-0.39, 0.29) is 5.91 Å². The Labute approximate surface area is 134 Å². The van der Waals surface area contributed by atoms with Gasteiger partial charge in [-0.05, 0) is 56.5 Å². The summed E-state index contributed by atoms with van der Waals surface area (Å²) < 4.78 is 3.51. The zero-order chi connectivity index (χ0) is 14.7. The average Bonchev–Trinajstić information content (AvgIpc) is 2.75. The van der Waals surface area contributed by atoms with E-state index in [1.165, 1.54) is 0 Å². The summed E-state index contributed by atoms with van der Waals surface area (Å²) in [6.45, 7) is 2.82. The van der Waals surface area contributed by atoms with Gasteiger partial charge in [0.15, 0.2) is 0 Å². The average molecular weight is 401 g/mol. The lowest BCUT2D eigenvalue weighted by atomic mass is 10.3. The van der Waals surface area contributed by atoms with Gasteiger partial charge in [0.25, 0.3) is 5.91 Å². The third-order valence-electron chi connectivity index (χ3n) is 2.82. The summed E-state index contributed by atoms with van der Waals surface area (Å²) in [5.74, 6) is -0.178. The van der Waals surface area contributed by atoms with Crippen LogP contribution in [-0.2, 0) is 6.54 Å². The first kappa shape index (κ1) is 15.1. The van der Waals surface area contributed by atoms with Crippen LogP contribution >= 0.6 is 31.9 Å². The van der Waals surface area contributed by atoms with Crippen molar-refractivity contribution in [1.82, 2.24) is 4.57 Å². The highest BCUT2D eigenvalue weighted by Gasteiger charge is 2.15. The van der Waals surface area contributed by atoms with Gasteiger partial charge in [0.2, 0.25) is 0 Å². The number of halogens is 2. The SMILES string of the molecule is CCCn1cc(N)cc1C(=O)Nc1c(Br)cccc1Br. The number of nitrogen functional groups attached to an aromatic ring is 1. The van der Waals surface area contributed by atoms with Crippen molar-refractivity contribution >= 4 is 49.1 Å². The van der Waals surface area contributed by atoms with Gasteiger partial charge in [0, 0.05) is 21.7 Å². The number of hydrogen-bond acceptors (Lipinski definition) is 2. The summed E-state index contributed by atoms with van der Waals surface area (Å²) in [4.78, 5) is 12.4. The van der Waals surface area contributed by atoms with Crippen molar-refractivity contribution in [3.05, 3.63) is 45.1 Å². The Morgan fingerprint density at radius 3 is 2.60 bits per heavy atom. The van der Waals surface area contributed by atoms with Crippen molar-refractivity contribution in [2.75, 3.05) is 11.1 Å². The predicted molar refractivity (Wildman–Crippen MR) is 88.9 cm³/mol. The van der Waals surface area contributed by atoms with Crippen molar-refractivity contribution in [3.8, 4) is 0 Å². The van der Waals surface area contributed by atoms with E-state index in [1.54, 1.807) is 12.3 Å². The van der Waals surface area contributed by atoms with Crippen LogP contribution in [0.25, 0.3) is 0 Å². The summed E-state index contributed by atoms with van der Waals surface area (Å²) in [5, 5.41) is 2.90. The van der Waals surface area contributed by atoms with Crippen LogP contribution in [0.15, 0.2) is 39.4 Å². The predicted octanol–water partition coefficient (Wildman–Crippen LogP) is 4.26. The molecule has 2 aromatic rings. The quantitative estimate of drug-likeness (QED) is 0.805. The molecule has 1 aromatic heterocycles. The highest BCUT2D eigenvalue weighted by atomic mass is 79.9. The maximum absolute atomic E-state index is 12.4. The highest BCUT2D eigenvalue weighted by Crippen LogP contribution is 2.31. The van der Waals surface area contributed by atoms with E-state index in [1.807, 2.05) is 22.8 Å². The summed E-state index contributed by atoms with van der Waals surface area (Å²) >= 11 is 6.85. The van der Waals surface area contributed by atoms with E-state index in [2.05, 4.69) is 44.1 Å². The molecule has 1 aromatic carbocycles. The number of nitrogens with one attached hydrogen (secondary N) is 1. The molecule has 1 heterocycles. The molecule has 0 saturated heterocycles. The van der Waals surface area contributed by atoms with Gasteiger partial charge < -0.3 is 15.6 Å². The summed E-state index contributed by atoms with van der Waals surface area (Å²) in [5.41, 5.74) is 7.64. The molecule has 2 rings (SSSR count). The normalized spacial score (nSPS) is 10.6. The van der Waals surface area contributed by atoms with Crippen LogP contribution in [0.2, 0.25) is 0 Å². The molecule has 4 nitrogen and oxygen atoms in total. The largest absolute Gasteiger partial charge is 0.397 e. The molecule has 0 aliphatic rings. The van der Waals surface area contributed by atoms with Crippen LogP contribution < -0.4 is 11.1 Å². The molecule has 0 fully saturated rings. The standard InChI is InChI=1S/C14H15Br2N3O/c1-2-6-19-8-9(17)7-12(19)14(20)18-13-10(15)4-3-5-11(13)16/h3-5,7-8H,2,6,17H2,1H3,(H,18,20). The minimum Gasteiger partial charge on any atom is -0.397 e. The van der Waals surface area contributed by atoms with E-state index < -0.39 is 0 Å². The molecular weight excluding hydrogens is 386 g/mol. The molecular formula is C14H15Br2N3O. The van der Waals surface area contributed by atoms with Gasteiger partial charge >= 0.3 is 0 Å². The molecule has 6 heteroatoms. The second-order valence-corrected chi connectivity index (χ2v) is 6.11. The van der Waals surface area contributed by atoms with Gasteiger partial charge in [-0.3, -0.25) is 4.79 Å². The minimum atomic E-state index is -0.178. The Bertz CT molecular complexity index is 617. The van der Waals surface area contributed by atoms with Gasteiger partial charge in [-0.25, -0.2) is 0 Å². The minimum absolute atomic E-state index is 0.178. The third-order valence-corrected chi connectivity index (χ3v) is 4.14. The van der Waals surface area contributed by atoms with Gasteiger partial charge in [-0.2, -0.15) is 0 Å². The number of aryl methyl sites for hydroxylation is 1. The van der Waals surface area contributed by atoms with E-state index in [9.17, 15) is 4.79 Å². The number of carbonyl (C=O) groups is 1. The molecule has 0 bridgehead atoms. The number of carbonyl (C=O) groups excluding carboxylic acids is 1. The van der Waals surface area contributed by atoms with Crippen LogP contribution in [0.3, 0.4) is 0 Å². The lowest BCUT2D eigenvalue weighted by Crippen LogP contribution is -2.17. The first-order valence-corrected chi connectivity index (χ1v) is 7.82. The van der Waals surface area contributed by atoms with E-state index in [0.717, 1.165) is 21.9 Å². The molecule has 20 heavy (non-hydrogen) atoms. The molecule has 0 aliphatic carbocycles. The molecule has 0 radical (unpaired) electrons. The van der Waals surface area contributed by atoms with Crippen molar-refractivity contribution < 1.29 is 4.79 Å². The Morgan fingerprint density at radius 1 is 1.35 bits per heavy atom. The molecule has 106 valence electrons. The third kappa shape index (κ3) is 3.24. The van der Waals surface area contributed by atoms with Gasteiger partial charge in [0.05, 0.1) is 11.4 Å². The highest BCUT2D eigenvalue weighted by molar-refractivity contribution is 9.11. The second kappa shape index (κ2) is 6.45. The first-order chi connectivity index (χ1) is 9.52. The number of nitrogens with two attached hydrogens (primary N) is 1. The zero-order valence-electron chi connectivity index (χ0n) is 11.0. The molecule has 1 amide bonds. The molecule has 3 N–H and O–H groups in total. The van der Waals surface area contributed by atoms with Gasteiger partial charge in [0.1, 0.15) is 5.69 Å². The lowest BCUT2D eigenvalue weighted by Gasteiger charge is -2.11. The fraction of sp³-hybridized carbons (Fsp3) is 0.214. The van der Waals surface area contributed by atoms with E-state index >= 15 is 0 Å². The molecule has 0 atom stereocenters. The number of benzene rings is 1. The topological polar surface area (TPSA) is 60.0 Å². The fourth-order valence-corrected chi connectivity index (χ4v) is 3.14. The molecule has 0 saturated carbocycles. The van der Waals surface area contributed by atoms with E-state index in [0.29, 0.717) is 17.1 Å². The van der Waals surface area contributed by atoms with Crippen molar-refractivity contribution in [1.29, 1.82) is 0 Å². The Kier molecular flexibility index (Phi) is 4.88. The Balaban J connectivity index is 2.28. The van der Waals surface area contributed by atoms with Gasteiger partial charge in [-0.15, -0.1) is 0 Å². The number of anilines is 2. The second-order valence-electron chi connectivity index (χ2n) is 4.40. The number of hydrogen-bond donors (Lipinski definition) is 2. The van der Waals surface area contributed by atoms with Crippen molar-refractivity contribution in [2.45, 2.75) is 19.9 Å². The summed E-state index contributed by atoms with van der Waals surface area (Å²) in [7, 11) is 0. The molecule has 0 aliphatic heterocycles. The smallest absolute Gasteiger partial charge is 0.272 e. The van der Waals surface area contributed by atoms with Crippen LogP contribution in [0, 0.1) is 0 Å². The monoisotopic (exact) mass is 399 g/mol. The Morgan fingerprint density at radius 2 is 2.00 bits per heavy atom. The number of aromatic nitrogens is 1. The number of amides is 1. The van der Waals surface area contributed by atoms with Crippen LogP contribution in [0.4, 0.5) is 11.4 Å². The first-order valence-electron chi connectivity index (χ1n) is 6.24. The van der Waals surface area contributed by atoms with Crippen LogP contribution in [-0.4, -0.2) is 10.5 Å². The van der Waals surface area contributed by atoms with Crippen molar-refractivity contribution in [2.24, 2.45) is 0 Å². The van der Waals surface area contributed by atoms with Gasteiger partial charge in [-0.1, -0.05) is 13.0 Å². The molecule has 0 spiro atoms. The summed E-state index contributed by atoms with van der Waals surface area (Å²) in [6, 6.07) is 7.33. The summed E-state index contributed by atoms with van der Waals surface area (Å²) in [6.07, 6.45) is 2.72.